The lowest BCUT2D eigenvalue weighted by Gasteiger charge is -2.11. The monoisotopic (exact) mass is 441 g/mol. The first-order valence-electron chi connectivity index (χ1n) is 8.98. The highest BCUT2D eigenvalue weighted by atomic mass is 32.2. The average Bonchev–Trinajstić information content (AvgIpc) is 3.04. The largest absolute Gasteiger partial charge is 0.476 e. The van der Waals surface area contributed by atoms with Crippen LogP contribution in [-0.2, 0) is 19.7 Å². The van der Waals surface area contributed by atoms with E-state index in [1.807, 2.05) is 43.3 Å². The molecule has 0 fully saturated rings. The number of hydrogen-bond acceptors (Lipinski definition) is 6. The van der Waals surface area contributed by atoms with E-state index in [1.165, 1.54) is 18.2 Å². The number of rotatable bonds is 6. The van der Waals surface area contributed by atoms with Crippen LogP contribution < -0.4 is 9.91 Å². The quantitative estimate of drug-likeness (QED) is 0.520. The number of hydrazone groups is 1. The van der Waals surface area contributed by atoms with Gasteiger partial charge in [0.2, 0.25) is 0 Å². The Bertz CT molecular complexity index is 1210. The summed E-state index contributed by atoms with van der Waals surface area (Å²) in [5.74, 6) is -2.05. The van der Waals surface area contributed by atoms with Crippen molar-refractivity contribution in [3.8, 4) is 0 Å². The van der Waals surface area contributed by atoms with Crippen LogP contribution in [0.3, 0.4) is 0 Å². The molecular formula is C21H19N3O6S. The first-order valence-corrected chi connectivity index (χ1v) is 10.4. The third-order valence-electron chi connectivity index (χ3n) is 4.42. The van der Waals surface area contributed by atoms with Crippen molar-refractivity contribution >= 4 is 45.2 Å². The van der Waals surface area contributed by atoms with Gasteiger partial charge in [-0.25, -0.2) is 4.79 Å². The topological polar surface area (TPSA) is 128 Å². The Labute approximate surface area is 179 Å². The van der Waals surface area contributed by atoms with Crippen molar-refractivity contribution < 1.29 is 27.7 Å². The number of hydrogen-bond donors (Lipinski definition) is 2. The minimum absolute atomic E-state index is 0.118. The molecule has 0 bridgehead atoms. The first-order chi connectivity index (χ1) is 14.6. The van der Waals surface area contributed by atoms with E-state index in [-0.39, 0.29) is 16.2 Å². The van der Waals surface area contributed by atoms with E-state index in [4.69, 9.17) is 4.55 Å². The standard InChI is InChI=1S/C21H19N3O6S/c1-23(2)15-8-6-14(7-9-15)4-3-5-18-19(21(26)27)22-24(20(18)25)16-10-12-17(13-11-16)31(28,29)30/h3-13H,1-2H3,(H,26,27)(H,28,29,30). The van der Waals surface area contributed by atoms with Crippen LogP contribution in [0.15, 0.2) is 76.3 Å². The maximum Gasteiger partial charge on any atom is 0.357 e. The molecule has 31 heavy (non-hydrogen) atoms. The highest BCUT2D eigenvalue weighted by Crippen LogP contribution is 2.25. The van der Waals surface area contributed by atoms with Crippen LogP contribution in [0.2, 0.25) is 0 Å². The molecule has 9 nitrogen and oxygen atoms in total. The van der Waals surface area contributed by atoms with E-state index >= 15 is 0 Å². The summed E-state index contributed by atoms with van der Waals surface area (Å²) in [6, 6.07) is 12.3. The summed E-state index contributed by atoms with van der Waals surface area (Å²) in [4.78, 5) is 25.9. The second-order valence-electron chi connectivity index (χ2n) is 6.77. The number of aliphatic carboxylic acids is 1. The number of carbonyl (C=O) groups excluding carboxylic acids is 1. The Balaban J connectivity index is 1.86. The normalized spacial score (nSPS) is 15.6. The van der Waals surface area contributed by atoms with Crippen LogP contribution in [0.4, 0.5) is 11.4 Å². The van der Waals surface area contributed by atoms with Crippen molar-refractivity contribution in [2.45, 2.75) is 4.90 Å². The fraction of sp³-hybridized carbons (Fsp3) is 0.0952. The predicted octanol–water partition coefficient (Wildman–Crippen LogP) is 2.43. The Kier molecular flexibility index (Phi) is 6.04. The van der Waals surface area contributed by atoms with Crippen LogP contribution in [0, 0.1) is 0 Å². The zero-order chi connectivity index (χ0) is 22.8. The molecule has 160 valence electrons. The molecule has 10 heteroatoms. The van der Waals surface area contributed by atoms with Gasteiger partial charge < -0.3 is 10.0 Å². The van der Waals surface area contributed by atoms with E-state index < -0.39 is 27.7 Å². The van der Waals surface area contributed by atoms with Crippen molar-refractivity contribution in [2.24, 2.45) is 5.10 Å². The van der Waals surface area contributed by atoms with Gasteiger partial charge in [-0.2, -0.15) is 18.5 Å². The molecule has 2 aromatic carbocycles. The summed E-state index contributed by atoms with van der Waals surface area (Å²) in [6.45, 7) is 0. The fourth-order valence-corrected chi connectivity index (χ4v) is 3.28. The molecule has 0 saturated heterocycles. The summed E-state index contributed by atoms with van der Waals surface area (Å²) < 4.78 is 31.4. The molecule has 2 N–H and O–H groups in total. The second-order valence-corrected chi connectivity index (χ2v) is 8.19. The number of carboxylic acid groups (broad SMARTS) is 1. The van der Waals surface area contributed by atoms with Gasteiger partial charge in [0.15, 0.2) is 5.71 Å². The average molecular weight is 441 g/mol. The van der Waals surface area contributed by atoms with E-state index in [0.29, 0.717) is 0 Å². The molecule has 0 spiro atoms. The smallest absolute Gasteiger partial charge is 0.357 e. The van der Waals surface area contributed by atoms with Gasteiger partial charge in [0, 0.05) is 19.8 Å². The summed E-state index contributed by atoms with van der Waals surface area (Å²) in [7, 11) is -0.541. The zero-order valence-electron chi connectivity index (χ0n) is 16.6. The van der Waals surface area contributed by atoms with Crippen LogP contribution in [0.25, 0.3) is 6.08 Å². The molecule has 1 heterocycles. The van der Waals surface area contributed by atoms with Gasteiger partial charge >= 0.3 is 5.97 Å². The lowest BCUT2D eigenvalue weighted by Crippen LogP contribution is -2.22. The number of carboxylic acids is 1. The van der Waals surface area contributed by atoms with Crippen molar-refractivity contribution in [3.63, 3.8) is 0 Å². The molecule has 0 aliphatic carbocycles. The third kappa shape index (κ3) is 4.87. The van der Waals surface area contributed by atoms with Gasteiger partial charge in [0.05, 0.1) is 16.2 Å². The zero-order valence-corrected chi connectivity index (χ0v) is 17.4. The summed E-state index contributed by atoms with van der Waals surface area (Å²) in [5.41, 5.74) is 1.49. The number of allylic oxidation sites excluding steroid dienone is 2. The maximum absolute atomic E-state index is 12.7. The summed E-state index contributed by atoms with van der Waals surface area (Å²) in [6.07, 6.45) is 4.64. The van der Waals surface area contributed by atoms with Crippen LogP contribution in [0.1, 0.15) is 5.56 Å². The van der Waals surface area contributed by atoms with Crippen molar-refractivity contribution in [1.29, 1.82) is 0 Å². The molecule has 0 radical (unpaired) electrons. The molecule has 3 rings (SSSR count). The maximum atomic E-state index is 12.7. The molecule has 0 atom stereocenters. The number of amides is 1. The van der Waals surface area contributed by atoms with Gasteiger partial charge in [-0.3, -0.25) is 9.35 Å². The number of benzene rings is 2. The lowest BCUT2D eigenvalue weighted by atomic mass is 10.1. The summed E-state index contributed by atoms with van der Waals surface area (Å²) in [5, 5.41) is 14.1. The van der Waals surface area contributed by atoms with Gasteiger partial charge in [0.1, 0.15) is 0 Å². The highest BCUT2D eigenvalue weighted by Gasteiger charge is 2.34. The summed E-state index contributed by atoms with van der Waals surface area (Å²) >= 11 is 0. The molecule has 1 aliphatic rings. The minimum Gasteiger partial charge on any atom is -0.476 e. The Morgan fingerprint density at radius 3 is 2.19 bits per heavy atom. The molecule has 1 amide bonds. The highest BCUT2D eigenvalue weighted by molar-refractivity contribution is 7.85. The van der Waals surface area contributed by atoms with Crippen molar-refractivity contribution in [2.75, 3.05) is 24.0 Å². The Morgan fingerprint density at radius 2 is 1.68 bits per heavy atom. The van der Waals surface area contributed by atoms with E-state index in [1.54, 1.807) is 12.2 Å². The fourth-order valence-electron chi connectivity index (χ4n) is 2.80. The van der Waals surface area contributed by atoms with Crippen molar-refractivity contribution in [3.05, 3.63) is 71.8 Å². The van der Waals surface area contributed by atoms with Crippen LogP contribution >= 0.6 is 0 Å². The molecule has 2 aromatic rings. The third-order valence-corrected chi connectivity index (χ3v) is 5.29. The van der Waals surface area contributed by atoms with Gasteiger partial charge in [0.25, 0.3) is 16.0 Å². The van der Waals surface area contributed by atoms with E-state index in [2.05, 4.69) is 5.10 Å². The lowest BCUT2D eigenvalue weighted by molar-refractivity contribution is -0.129. The molecule has 1 aliphatic heterocycles. The van der Waals surface area contributed by atoms with E-state index in [9.17, 15) is 23.1 Å². The molecule has 0 saturated carbocycles. The molecular weight excluding hydrogens is 422 g/mol. The minimum atomic E-state index is -4.39. The molecule has 0 aromatic heterocycles. The predicted molar refractivity (Wildman–Crippen MR) is 117 cm³/mol. The van der Waals surface area contributed by atoms with Gasteiger partial charge in [-0.15, -0.1) is 0 Å². The Morgan fingerprint density at radius 1 is 1.06 bits per heavy atom. The second kappa shape index (κ2) is 8.54. The van der Waals surface area contributed by atoms with Crippen LogP contribution in [-0.4, -0.2) is 49.8 Å². The number of anilines is 2. The number of nitrogens with zero attached hydrogens (tertiary/aromatic N) is 3. The van der Waals surface area contributed by atoms with Crippen molar-refractivity contribution in [1.82, 2.24) is 0 Å². The molecule has 0 unspecified atom stereocenters. The van der Waals surface area contributed by atoms with Crippen LogP contribution in [0.5, 0.6) is 0 Å². The Hall–Kier alpha value is -3.76. The first kappa shape index (κ1) is 21.9. The van der Waals surface area contributed by atoms with Gasteiger partial charge in [-0.05, 0) is 48.0 Å². The van der Waals surface area contributed by atoms with E-state index in [0.717, 1.165) is 28.4 Å². The van der Waals surface area contributed by atoms with Gasteiger partial charge in [-0.1, -0.05) is 24.3 Å². The number of carbonyl (C=O) groups is 2. The SMILES string of the molecule is CN(C)c1ccc(C=CC=C2C(=O)N(c3ccc(S(=O)(=O)O)cc3)N=C2C(=O)O)cc1.